The third kappa shape index (κ3) is 4.69. The molecule has 2 saturated heterocycles. The minimum Gasteiger partial charge on any atom is -0.465 e. The molecule has 1 unspecified atom stereocenters. The summed E-state index contributed by atoms with van der Waals surface area (Å²) in [7, 11) is 0. The largest absolute Gasteiger partial charge is 0.465 e. The van der Waals surface area contributed by atoms with Crippen LogP contribution in [0.4, 0.5) is 0 Å². The average Bonchev–Trinajstić information content (AvgIpc) is 3.25. The van der Waals surface area contributed by atoms with Crippen molar-refractivity contribution in [1.29, 1.82) is 0 Å². The maximum Gasteiger partial charge on any atom is 0.313 e. The van der Waals surface area contributed by atoms with Crippen LogP contribution in [0.25, 0.3) is 0 Å². The van der Waals surface area contributed by atoms with E-state index in [1.54, 1.807) is 9.80 Å². The number of allylic oxidation sites excluding steroid dienone is 1. The Morgan fingerprint density at radius 1 is 0.974 bits per heavy atom. The van der Waals surface area contributed by atoms with Crippen LogP contribution in [-0.2, 0) is 30.4 Å². The Hall–Kier alpha value is -2.97. The summed E-state index contributed by atoms with van der Waals surface area (Å²) in [6, 6.07) is 8.93. The van der Waals surface area contributed by atoms with E-state index in [-0.39, 0.29) is 18.4 Å². The smallest absolute Gasteiger partial charge is 0.313 e. The van der Waals surface area contributed by atoms with Gasteiger partial charge in [-0.05, 0) is 38.2 Å². The number of aliphatic hydroxyl groups excluding tert-OH is 1. The lowest BCUT2D eigenvalue weighted by Gasteiger charge is -2.37. The van der Waals surface area contributed by atoms with Gasteiger partial charge in [-0.1, -0.05) is 67.5 Å². The van der Waals surface area contributed by atoms with Gasteiger partial charge in [-0.2, -0.15) is 0 Å². The van der Waals surface area contributed by atoms with Gasteiger partial charge in [0.25, 0.3) is 0 Å². The van der Waals surface area contributed by atoms with Crippen molar-refractivity contribution < 1.29 is 29.0 Å². The highest BCUT2D eigenvalue weighted by molar-refractivity contribution is 5.99. The van der Waals surface area contributed by atoms with Gasteiger partial charge in [0, 0.05) is 26.2 Å². The van der Waals surface area contributed by atoms with Crippen molar-refractivity contribution in [1.82, 2.24) is 9.80 Å². The molecule has 4 aliphatic heterocycles. The molecular formula is C30H38N2O6. The molecule has 8 heteroatoms. The first kappa shape index (κ1) is 26.6. The van der Waals surface area contributed by atoms with Gasteiger partial charge >= 0.3 is 5.97 Å². The number of hydrogen-bond acceptors (Lipinski definition) is 6. The van der Waals surface area contributed by atoms with Crippen molar-refractivity contribution >= 4 is 17.8 Å². The second-order valence-corrected chi connectivity index (χ2v) is 11.0. The SMILES string of the molecule is C[C@]12/C=C\CCCOC(=O)[C@H]1[C@H]1C(=O)N(CCCCCCO)C3C(=O)N(Cc4ccccc4)CC=C[C@@]31O2. The standard InChI is InChI=1S/C30H38N2O6/c1-29-15-8-5-11-20-37-28(36)24(29)23-26(34)32(18-9-2-3-10-19-33)25-27(35)31(17-12-16-30(23,25)38-29)21-22-13-6-4-7-14-22/h4,6-8,12-16,23-25,33H,2-3,5,9-11,17-21H2,1H3/b15-8-/t23-,24+,25?,29-,30-/m0/s1. The number of nitrogens with zero attached hydrogens (tertiary/aromatic N) is 2. The lowest BCUT2D eigenvalue weighted by Crippen LogP contribution is -2.55. The summed E-state index contributed by atoms with van der Waals surface area (Å²) in [5.41, 5.74) is -1.32. The maximum absolute atomic E-state index is 14.3. The topological polar surface area (TPSA) is 96.4 Å². The van der Waals surface area contributed by atoms with Crippen molar-refractivity contribution in [3.8, 4) is 0 Å². The molecule has 1 spiro atoms. The first-order valence-electron chi connectivity index (χ1n) is 13.9. The van der Waals surface area contributed by atoms with Crippen molar-refractivity contribution in [2.75, 3.05) is 26.3 Å². The lowest BCUT2D eigenvalue weighted by molar-refractivity contribution is -0.159. The monoisotopic (exact) mass is 522 g/mol. The number of hydrogen-bond donors (Lipinski definition) is 1. The fourth-order valence-electron chi connectivity index (χ4n) is 6.61. The van der Waals surface area contributed by atoms with E-state index < -0.39 is 35.0 Å². The molecule has 1 aromatic rings. The van der Waals surface area contributed by atoms with Crippen LogP contribution in [0.2, 0.25) is 0 Å². The number of aliphatic hydroxyl groups is 1. The lowest BCUT2D eigenvalue weighted by atomic mass is 9.74. The second-order valence-electron chi connectivity index (χ2n) is 11.0. The molecule has 1 aromatic carbocycles. The van der Waals surface area contributed by atoms with Crippen molar-refractivity contribution in [3.05, 3.63) is 60.2 Å². The summed E-state index contributed by atoms with van der Waals surface area (Å²) in [6.45, 7) is 3.47. The molecule has 5 atom stereocenters. The highest BCUT2D eigenvalue weighted by Crippen LogP contribution is 2.57. The summed E-state index contributed by atoms with van der Waals surface area (Å²) >= 11 is 0. The Morgan fingerprint density at radius 2 is 1.76 bits per heavy atom. The van der Waals surface area contributed by atoms with Crippen LogP contribution in [-0.4, -0.2) is 76.2 Å². The number of benzene rings is 1. The van der Waals surface area contributed by atoms with E-state index in [1.165, 1.54) is 0 Å². The Balaban J connectivity index is 1.53. The number of rotatable bonds is 8. The van der Waals surface area contributed by atoms with Crippen molar-refractivity contribution in [3.63, 3.8) is 0 Å². The second kappa shape index (κ2) is 11.0. The molecular weight excluding hydrogens is 484 g/mol. The number of esters is 1. The molecule has 0 saturated carbocycles. The van der Waals surface area contributed by atoms with Gasteiger partial charge in [-0.15, -0.1) is 0 Å². The van der Waals surface area contributed by atoms with Crippen LogP contribution in [0.15, 0.2) is 54.6 Å². The number of carbonyl (C=O) groups excluding carboxylic acids is 3. The fourth-order valence-corrected chi connectivity index (χ4v) is 6.61. The molecule has 0 aliphatic carbocycles. The van der Waals surface area contributed by atoms with E-state index in [1.807, 2.05) is 61.6 Å². The molecule has 0 aromatic heterocycles. The molecule has 4 aliphatic rings. The van der Waals surface area contributed by atoms with E-state index in [0.717, 1.165) is 24.8 Å². The van der Waals surface area contributed by atoms with Gasteiger partial charge in [-0.3, -0.25) is 14.4 Å². The van der Waals surface area contributed by atoms with E-state index in [2.05, 4.69) is 0 Å². The number of cyclic esters (lactones) is 1. The van der Waals surface area contributed by atoms with E-state index in [0.29, 0.717) is 45.5 Å². The maximum atomic E-state index is 14.3. The number of likely N-dealkylation sites (tertiary alicyclic amines) is 1. The highest BCUT2D eigenvalue weighted by Gasteiger charge is 2.74. The van der Waals surface area contributed by atoms with Gasteiger partial charge in [0.15, 0.2) is 0 Å². The molecule has 204 valence electrons. The van der Waals surface area contributed by atoms with Gasteiger partial charge < -0.3 is 24.4 Å². The van der Waals surface area contributed by atoms with Gasteiger partial charge in [0.2, 0.25) is 11.8 Å². The zero-order valence-electron chi connectivity index (χ0n) is 22.1. The van der Waals surface area contributed by atoms with Crippen LogP contribution in [0.1, 0.15) is 51.0 Å². The molecule has 2 fully saturated rings. The molecule has 0 radical (unpaired) electrons. The van der Waals surface area contributed by atoms with Crippen molar-refractivity contribution in [2.45, 2.75) is 69.2 Å². The van der Waals surface area contributed by atoms with E-state index in [9.17, 15) is 14.4 Å². The first-order chi connectivity index (χ1) is 18.4. The molecule has 1 N–H and O–H groups in total. The van der Waals surface area contributed by atoms with Crippen LogP contribution < -0.4 is 0 Å². The Labute approximate surface area is 224 Å². The molecule has 4 heterocycles. The number of ether oxygens (including phenoxy) is 2. The molecule has 5 rings (SSSR count). The van der Waals surface area contributed by atoms with E-state index >= 15 is 0 Å². The van der Waals surface area contributed by atoms with E-state index in [4.69, 9.17) is 14.6 Å². The summed E-state index contributed by atoms with van der Waals surface area (Å²) in [5, 5.41) is 9.13. The summed E-state index contributed by atoms with van der Waals surface area (Å²) in [4.78, 5) is 45.3. The normalized spacial score (nSPS) is 33.5. The molecule has 8 nitrogen and oxygen atoms in total. The van der Waals surface area contributed by atoms with Gasteiger partial charge in [0.1, 0.15) is 17.6 Å². The van der Waals surface area contributed by atoms with Crippen LogP contribution >= 0.6 is 0 Å². The summed E-state index contributed by atoms with van der Waals surface area (Å²) in [5.74, 6) is -2.52. The number of amides is 2. The van der Waals surface area contributed by atoms with Crippen molar-refractivity contribution in [2.24, 2.45) is 11.8 Å². The zero-order valence-corrected chi connectivity index (χ0v) is 22.1. The van der Waals surface area contributed by atoms with Gasteiger partial charge in [-0.25, -0.2) is 0 Å². The summed E-state index contributed by atoms with van der Waals surface area (Å²) in [6.07, 6.45) is 12.2. The molecule has 2 amide bonds. The minimum absolute atomic E-state index is 0.137. The van der Waals surface area contributed by atoms with Crippen LogP contribution in [0.3, 0.4) is 0 Å². The Morgan fingerprint density at radius 3 is 2.55 bits per heavy atom. The van der Waals surface area contributed by atoms with Gasteiger partial charge in [0.05, 0.1) is 18.1 Å². The number of carbonyl (C=O) groups is 3. The average molecular weight is 523 g/mol. The quantitative estimate of drug-likeness (QED) is 0.320. The predicted molar refractivity (Wildman–Crippen MR) is 141 cm³/mol. The van der Waals surface area contributed by atoms with Crippen LogP contribution in [0.5, 0.6) is 0 Å². The Bertz CT molecular complexity index is 1100. The Kier molecular flexibility index (Phi) is 7.73. The minimum atomic E-state index is -1.26. The fraction of sp³-hybridized carbons (Fsp3) is 0.567. The molecule has 0 bridgehead atoms. The zero-order chi connectivity index (χ0) is 26.8. The van der Waals surface area contributed by atoms with Crippen LogP contribution in [0, 0.1) is 11.8 Å². The third-order valence-corrected chi connectivity index (χ3v) is 8.36. The molecule has 38 heavy (non-hydrogen) atoms. The first-order valence-corrected chi connectivity index (χ1v) is 13.9. The number of fused-ring (bicyclic) bond motifs is 2. The highest BCUT2D eigenvalue weighted by atomic mass is 16.6. The number of unbranched alkanes of at least 4 members (excludes halogenated alkanes) is 3. The predicted octanol–water partition coefficient (Wildman–Crippen LogP) is 3.00. The summed E-state index contributed by atoms with van der Waals surface area (Å²) < 4.78 is 12.4. The third-order valence-electron chi connectivity index (χ3n) is 8.36.